The molecule has 1 aromatic rings. The Kier molecular flexibility index (Phi) is 3.97. The SMILES string of the molecule is COc1ccccc1S(=O)(=O)N[C@@H](C)[C@@H]1C[C@H]2CC[C@H]1C2. The number of sulfonamides is 1. The molecule has 1 N–H and O–H groups in total. The van der Waals surface area contributed by atoms with Gasteiger partial charge in [0.1, 0.15) is 10.6 Å². The van der Waals surface area contributed by atoms with E-state index in [4.69, 9.17) is 4.74 Å². The van der Waals surface area contributed by atoms with E-state index in [-0.39, 0.29) is 10.9 Å². The summed E-state index contributed by atoms with van der Waals surface area (Å²) in [7, 11) is -2.04. The molecule has 0 unspecified atom stereocenters. The number of hydrogen-bond acceptors (Lipinski definition) is 3. The van der Waals surface area contributed by atoms with E-state index in [0.717, 1.165) is 5.92 Å². The Hall–Kier alpha value is -1.07. The van der Waals surface area contributed by atoms with Gasteiger partial charge in [0.05, 0.1) is 7.11 Å². The minimum Gasteiger partial charge on any atom is -0.495 e. The minimum absolute atomic E-state index is 0.0183. The normalized spacial score (nSPS) is 29.5. The fraction of sp³-hybridized carbons (Fsp3) is 0.625. The van der Waals surface area contributed by atoms with Crippen molar-refractivity contribution in [2.75, 3.05) is 7.11 Å². The summed E-state index contributed by atoms with van der Waals surface area (Å²) >= 11 is 0. The average molecular weight is 309 g/mol. The van der Waals surface area contributed by atoms with Crippen molar-refractivity contribution in [3.05, 3.63) is 24.3 Å². The number of rotatable bonds is 5. The van der Waals surface area contributed by atoms with E-state index in [1.807, 2.05) is 6.92 Å². The zero-order valence-electron chi connectivity index (χ0n) is 12.6. The molecule has 2 fully saturated rings. The monoisotopic (exact) mass is 309 g/mol. The first kappa shape index (κ1) is 14.9. The maximum Gasteiger partial charge on any atom is 0.244 e. The second-order valence-corrected chi connectivity index (χ2v) is 8.08. The molecule has 1 aromatic carbocycles. The molecule has 21 heavy (non-hydrogen) atoms. The summed E-state index contributed by atoms with van der Waals surface area (Å²) in [6.45, 7) is 2.00. The van der Waals surface area contributed by atoms with Crippen LogP contribution in [0, 0.1) is 17.8 Å². The number of para-hydroxylation sites is 1. The molecule has 0 aliphatic heterocycles. The molecule has 2 saturated carbocycles. The van der Waals surface area contributed by atoms with E-state index in [0.29, 0.717) is 17.6 Å². The van der Waals surface area contributed by atoms with Crippen LogP contribution in [0.3, 0.4) is 0 Å². The molecular formula is C16H23NO3S. The first-order valence-electron chi connectivity index (χ1n) is 7.66. The van der Waals surface area contributed by atoms with Crippen LogP contribution in [0.4, 0.5) is 0 Å². The fourth-order valence-corrected chi connectivity index (χ4v) is 5.61. The van der Waals surface area contributed by atoms with Gasteiger partial charge >= 0.3 is 0 Å². The largest absolute Gasteiger partial charge is 0.495 e. The number of benzene rings is 1. The second kappa shape index (κ2) is 5.61. The number of methoxy groups -OCH3 is 1. The van der Waals surface area contributed by atoms with Gasteiger partial charge in [-0.3, -0.25) is 0 Å². The van der Waals surface area contributed by atoms with Gasteiger partial charge in [-0.25, -0.2) is 13.1 Å². The van der Waals surface area contributed by atoms with Gasteiger partial charge in [-0.05, 0) is 56.1 Å². The Labute approximate surface area is 126 Å². The topological polar surface area (TPSA) is 55.4 Å². The van der Waals surface area contributed by atoms with Crippen LogP contribution in [0.5, 0.6) is 5.75 Å². The van der Waals surface area contributed by atoms with Crippen molar-refractivity contribution in [3.8, 4) is 5.75 Å². The lowest BCUT2D eigenvalue weighted by atomic mass is 9.84. The first-order valence-corrected chi connectivity index (χ1v) is 9.15. The maximum absolute atomic E-state index is 12.6. The Morgan fingerprint density at radius 3 is 2.62 bits per heavy atom. The van der Waals surface area contributed by atoms with Crippen LogP contribution in [0.25, 0.3) is 0 Å². The van der Waals surface area contributed by atoms with E-state index in [1.54, 1.807) is 24.3 Å². The summed E-state index contributed by atoms with van der Waals surface area (Å²) < 4.78 is 33.2. The summed E-state index contributed by atoms with van der Waals surface area (Å²) in [5.41, 5.74) is 0. The molecule has 0 spiro atoms. The van der Waals surface area contributed by atoms with Gasteiger partial charge in [0.25, 0.3) is 0 Å². The lowest BCUT2D eigenvalue weighted by Gasteiger charge is -2.28. The van der Waals surface area contributed by atoms with Gasteiger partial charge in [-0.2, -0.15) is 0 Å². The number of fused-ring (bicyclic) bond motifs is 2. The van der Waals surface area contributed by atoms with Crippen molar-refractivity contribution in [1.29, 1.82) is 0 Å². The molecule has 2 bridgehead atoms. The standard InChI is InChI=1S/C16H23NO3S/c1-11(14-10-12-7-8-13(14)9-12)17-21(18,19)16-6-4-3-5-15(16)20-2/h3-6,11-14,17H,7-10H2,1-2H3/t11-,12-,13-,14-/m0/s1. The molecule has 0 aromatic heterocycles. The Bertz CT molecular complexity index is 614. The zero-order chi connectivity index (χ0) is 15.0. The second-order valence-electron chi connectivity index (χ2n) is 6.40. The summed E-state index contributed by atoms with van der Waals surface area (Å²) in [4.78, 5) is 0.225. The molecule has 116 valence electrons. The molecule has 0 saturated heterocycles. The first-order chi connectivity index (χ1) is 10.0. The third kappa shape index (κ3) is 2.81. The van der Waals surface area contributed by atoms with Gasteiger partial charge in [-0.1, -0.05) is 18.6 Å². The van der Waals surface area contributed by atoms with Gasteiger partial charge in [0, 0.05) is 6.04 Å². The number of nitrogens with one attached hydrogen (secondary N) is 1. The number of hydrogen-bond donors (Lipinski definition) is 1. The quantitative estimate of drug-likeness (QED) is 0.910. The van der Waals surface area contributed by atoms with Crippen LogP contribution in [-0.4, -0.2) is 21.6 Å². The zero-order valence-corrected chi connectivity index (χ0v) is 13.4. The highest BCUT2D eigenvalue weighted by atomic mass is 32.2. The smallest absolute Gasteiger partial charge is 0.244 e. The molecule has 0 amide bonds. The van der Waals surface area contributed by atoms with E-state index in [2.05, 4.69) is 4.72 Å². The molecule has 5 heteroatoms. The maximum atomic E-state index is 12.6. The van der Waals surface area contributed by atoms with Crippen LogP contribution >= 0.6 is 0 Å². The predicted molar refractivity (Wildman–Crippen MR) is 81.7 cm³/mol. The molecule has 4 nitrogen and oxygen atoms in total. The van der Waals surface area contributed by atoms with E-state index < -0.39 is 10.0 Å². The molecule has 4 atom stereocenters. The van der Waals surface area contributed by atoms with Crippen LogP contribution in [0.15, 0.2) is 29.2 Å². The van der Waals surface area contributed by atoms with Crippen molar-refractivity contribution < 1.29 is 13.2 Å². The Balaban J connectivity index is 1.77. The van der Waals surface area contributed by atoms with Crippen LogP contribution in [0.1, 0.15) is 32.6 Å². The van der Waals surface area contributed by atoms with Gasteiger partial charge in [0.15, 0.2) is 0 Å². The van der Waals surface area contributed by atoms with Gasteiger partial charge in [-0.15, -0.1) is 0 Å². The van der Waals surface area contributed by atoms with Gasteiger partial charge < -0.3 is 4.74 Å². The molecule has 3 rings (SSSR count). The number of ether oxygens (including phenoxy) is 1. The van der Waals surface area contributed by atoms with Crippen LogP contribution < -0.4 is 9.46 Å². The molecule has 0 radical (unpaired) electrons. The van der Waals surface area contributed by atoms with Crippen molar-refractivity contribution >= 4 is 10.0 Å². The van der Waals surface area contributed by atoms with E-state index >= 15 is 0 Å². The Morgan fingerprint density at radius 2 is 2.00 bits per heavy atom. The third-order valence-electron chi connectivity index (χ3n) is 5.13. The molecule has 2 aliphatic carbocycles. The fourth-order valence-electron chi connectivity index (χ4n) is 4.14. The van der Waals surface area contributed by atoms with Crippen LogP contribution in [-0.2, 0) is 10.0 Å². The van der Waals surface area contributed by atoms with Crippen molar-refractivity contribution in [3.63, 3.8) is 0 Å². The summed E-state index contributed by atoms with van der Waals surface area (Å²) in [5, 5.41) is 0. The highest BCUT2D eigenvalue weighted by molar-refractivity contribution is 7.89. The molecule has 0 heterocycles. The van der Waals surface area contributed by atoms with E-state index in [1.165, 1.54) is 32.8 Å². The summed E-state index contributed by atoms with van der Waals surface area (Å²) in [6.07, 6.45) is 5.04. The molecular weight excluding hydrogens is 286 g/mol. The van der Waals surface area contributed by atoms with Gasteiger partial charge in [0.2, 0.25) is 10.0 Å². The lowest BCUT2D eigenvalue weighted by molar-refractivity contribution is 0.280. The predicted octanol–water partition coefficient (Wildman–Crippen LogP) is 2.80. The lowest BCUT2D eigenvalue weighted by Crippen LogP contribution is -2.40. The Morgan fingerprint density at radius 1 is 1.24 bits per heavy atom. The van der Waals surface area contributed by atoms with Crippen molar-refractivity contribution in [2.24, 2.45) is 17.8 Å². The highest BCUT2D eigenvalue weighted by Crippen LogP contribution is 2.49. The van der Waals surface area contributed by atoms with Crippen molar-refractivity contribution in [1.82, 2.24) is 4.72 Å². The minimum atomic E-state index is -3.53. The average Bonchev–Trinajstić information content (AvgIpc) is 3.09. The summed E-state index contributed by atoms with van der Waals surface area (Å²) in [6, 6.07) is 6.75. The molecule has 2 aliphatic rings. The van der Waals surface area contributed by atoms with Crippen molar-refractivity contribution in [2.45, 2.75) is 43.5 Å². The summed E-state index contributed by atoms with van der Waals surface area (Å²) in [5.74, 6) is 2.39. The van der Waals surface area contributed by atoms with E-state index in [9.17, 15) is 8.42 Å². The highest BCUT2D eigenvalue weighted by Gasteiger charge is 2.42. The third-order valence-corrected chi connectivity index (χ3v) is 6.73. The van der Waals surface area contributed by atoms with Crippen LogP contribution in [0.2, 0.25) is 0 Å².